The Kier molecular flexibility index (Phi) is 6.46. The van der Waals surface area contributed by atoms with Crippen LogP contribution in [0.25, 0.3) is 0 Å². The first kappa shape index (κ1) is 23.8. The van der Waals surface area contributed by atoms with E-state index in [1.165, 1.54) is 37.2 Å². The molecule has 0 radical (unpaired) electrons. The van der Waals surface area contributed by atoms with Crippen molar-refractivity contribution in [2.45, 2.75) is 104 Å². The van der Waals surface area contributed by atoms with Gasteiger partial charge in [0.1, 0.15) is 6.10 Å². The number of allylic oxidation sites excluding steroid dienone is 1. The quantitative estimate of drug-likeness (QED) is 0.576. The van der Waals surface area contributed by atoms with E-state index in [1.54, 1.807) is 5.57 Å². The Hall–Kier alpha value is -0.910. The monoisotopic (exact) mass is 459 g/mol. The molecular formula is C28H45NO4. The molecule has 0 bridgehead atoms. The van der Waals surface area contributed by atoms with Crippen molar-refractivity contribution in [3.8, 4) is 0 Å². The number of nitrogens with zero attached hydrogens (tertiary/aromatic N) is 1. The van der Waals surface area contributed by atoms with E-state index in [-0.39, 0.29) is 24.7 Å². The largest absolute Gasteiger partial charge is 0.394 e. The van der Waals surface area contributed by atoms with E-state index in [1.807, 2.05) is 0 Å². The van der Waals surface area contributed by atoms with Crippen LogP contribution in [0.5, 0.6) is 0 Å². The highest BCUT2D eigenvalue weighted by molar-refractivity contribution is 5.75. The van der Waals surface area contributed by atoms with Gasteiger partial charge in [0.25, 0.3) is 0 Å². The predicted molar refractivity (Wildman–Crippen MR) is 128 cm³/mol. The number of fused-ring (bicyclic) bond motifs is 5. The second-order valence-electron chi connectivity index (χ2n) is 12.6. The average Bonchev–Trinajstić information content (AvgIpc) is 3.42. The Bertz CT molecular complexity index is 782. The van der Waals surface area contributed by atoms with Crippen molar-refractivity contribution >= 4 is 5.91 Å². The molecule has 1 amide bonds. The van der Waals surface area contributed by atoms with Crippen molar-refractivity contribution in [2.24, 2.45) is 40.4 Å². The molecular weight excluding hydrogens is 414 g/mol. The number of rotatable bonds is 5. The topological polar surface area (TPSA) is 70.0 Å². The lowest BCUT2D eigenvalue weighted by molar-refractivity contribution is -0.183. The minimum atomic E-state index is -0.213. The summed E-state index contributed by atoms with van der Waals surface area (Å²) in [6.45, 7) is 8.05. The lowest BCUT2D eigenvalue weighted by atomic mass is 9.47. The summed E-state index contributed by atoms with van der Waals surface area (Å²) in [6, 6.07) is 0. The molecule has 33 heavy (non-hydrogen) atoms. The molecule has 5 heteroatoms. The average molecular weight is 460 g/mol. The smallest absolute Gasteiger partial charge is 0.246 e. The van der Waals surface area contributed by atoms with Crippen LogP contribution in [-0.4, -0.2) is 46.5 Å². The minimum Gasteiger partial charge on any atom is -0.394 e. The standard InChI is InChI=1S/C28H45NO4/c1-18(4-9-26(32)29-15-12-21(17-30)33-29)23-7-8-24-22-6-5-19-16-20(31)10-13-27(19,2)25(22)11-14-28(23,24)3/h5,18,20-25,30-31H,4,6-17H2,1-3H3/t18?,20-,21+,22-,23+,24-,25-,27-,28+/m0/s1. The van der Waals surface area contributed by atoms with Crippen molar-refractivity contribution in [3.63, 3.8) is 0 Å². The van der Waals surface area contributed by atoms with Crippen LogP contribution >= 0.6 is 0 Å². The molecule has 0 aromatic carbocycles. The highest BCUT2D eigenvalue weighted by Crippen LogP contribution is 2.67. The molecule has 1 unspecified atom stereocenters. The fraction of sp³-hybridized carbons (Fsp3) is 0.893. The van der Waals surface area contributed by atoms with Crippen LogP contribution in [0.1, 0.15) is 91.4 Å². The molecule has 186 valence electrons. The zero-order valence-electron chi connectivity index (χ0n) is 21.0. The summed E-state index contributed by atoms with van der Waals surface area (Å²) >= 11 is 0. The number of amides is 1. The van der Waals surface area contributed by atoms with Gasteiger partial charge < -0.3 is 10.2 Å². The van der Waals surface area contributed by atoms with Gasteiger partial charge in [-0.15, -0.1) is 0 Å². The molecule has 1 heterocycles. The van der Waals surface area contributed by atoms with E-state index < -0.39 is 0 Å². The van der Waals surface area contributed by atoms with Gasteiger partial charge in [-0.25, -0.2) is 5.06 Å². The van der Waals surface area contributed by atoms with E-state index in [4.69, 9.17) is 4.84 Å². The number of hydrogen-bond donors (Lipinski definition) is 2. The Balaban J connectivity index is 1.23. The van der Waals surface area contributed by atoms with Gasteiger partial charge in [0, 0.05) is 6.42 Å². The van der Waals surface area contributed by atoms with Crippen molar-refractivity contribution in [2.75, 3.05) is 13.2 Å². The van der Waals surface area contributed by atoms with Crippen LogP contribution in [-0.2, 0) is 9.63 Å². The predicted octanol–water partition coefficient (Wildman–Crippen LogP) is 4.87. The molecule has 4 fully saturated rings. The number of carbonyl (C=O) groups excluding carboxylic acids is 1. The normalized spacial score (nSPS) is 45.7. The summed E-state index contributed by atoms with van der Waals surface area (Å²) in [5, 5.41) is 21.0. The molecule has 0 aromatic rings. The highest BCUT2D eigenvalue weighted by Gasteiger charge is 2.59. The summed E-state index contributed by atoms with van der Waals surface area (Å²) in [4.78, 5) is 18.2. The molecule has 5 nitrogen and oxygen atoms in total. The van der Waals surface area contributed by atoms with E-state index in [0.717, 1.165) is 49.9 Å². The SMILES string of the molecule is CC(CCC(=O)N1CC[C@H](CO)O1)[C@H]1CC[C@H]2[C@@H]3CC=C4C[C@@H](O)CC[C@]4(C)[C@H]3CC[C@]12C. The molecule has 5 rings (SSSR count). The Labute approximate surface area is 199 Å². The molecule has 4 aliphatic carbocycles. The third kappa shape index (κ3) is 4.00. The number of hydroxylamine groups is 2. The Morgan fingerprint density at radius 3 is 2.76 bits per heavy atom. The van der Waals surface area contributed by atoms with Crippen LogP contribution in [0.2, 0.25) is 0 Å². The third-order valence-electron chi connectivity index (χ3n) is 11.1. The van der Waals surface area contributed by atoms with Crippen LogP contribution in [0, 0.1) is 40.4 Å². The van der Waals surface area contributed by atoms with E-state index in [2.05, 4.69) is 26.8 Å². The minimum absolute atomic E-state index is 0.0134. The van der Waals surface area contributed by atoms with Crippen LogP contribution < -0.4 is 0 Å². The summed E-state index contributed by atoms with van der Waals surface area (Å²) in [7, 11) is 0. The van der Waals surface area contributed by atoms with Gasteiger partial charge in [-0.3, -0.25) is 9.63 Å². The van der Waals surface area contributed by atoms with Crippen molar-refractivity contribution in [1.29, 1.82) is 0 Å². The third-order valence-corrected chi connectivity index (χ3v) is 11.1. The van der Waals surface area contributed by atoms with Gasteiger partial charge in [-0.05, 0) is 105 Å². The van der Waals surface area contributed by atoms with E-state index in [9.17, 15) is 15.0 Å². The molecule has 3 saturated carbocycles. The first-order valence-electron chi connectivity index (χ1n) is 13.7. The fourth-order valence-corrected chi connectivity index (χ4v) is 9.15. The Morgan fingerprint density at radius 2 is 2.00 bits per heavy atom. The number of aliphatic hydroxyl groups excluding tert-OH is 2. The first-order chi connectivity index (χ1) is 15.8. The molecule has 0 aromatic heterocycles. The van der Waals surface area contributed by atoms with Crippen molar-refractivity contribution in [3.05, 3.63) is 11.6 Å². The molecule has 1 aliphatic heterocycles. The number of carbonyl (C=O) groups is 1. The van der Waals surface area contributed by atoms with Gasteiger partial charge in [0.15, 0.2) is 0 Å². The Morgan fingerprint density at radius 1 is 1.18 bits per heavy atom. The molecule has 1 saturated heterocycles. The van der Waals surface area contributed by atoms with Crippen LogP contribution in [0.3, 0.4) is 0 Å². The van der Waals surface area contributed by atoms with Gasteiger partial charge in [-0.1, -0.05) is 32.4 Å². The van der Waals surface area contributed by atoms with Crippen LogP contribution in [0.15, 0.2) is 11.6 Å². The fourth-order valence-electron chi connectivity index (χ4n) is 9.15. The van der Waals surface area contributed by atoms with Gasteiger partial charge >= 0.3 is 0 Å². The molecule has 0 spiro atoms. The van der Waals surface area contributed by atoms with Gasteiger partial charge in [-0.2, -0.15) is 0 Å². The molecule has 2 N–H and O–H groups in total. The van der Waals surface area contributed by atoms with Gasteiger partial charge in [0.2, 0.25) is 5.91 Å². The second-order valence-corrected chi connectivity index (χ2v) is 12.6. The zero-order chi connectivity index (χ0) is 23.4. The number of hydrogen-bond acceptors (Lipinski definition) is 4. The van der Waals surface area contributed by atoms with E-state index in [0.29, 0.717) is 35.6 Å². The molecule has 5 aliphatic rings. The summed E-state index contributed by atoms with van der Waals surface area (Å²) in [5.41, 5.74) is 2.26. The maximum Gasteiger partial charge on any atom is 0.246 e. The lowest BCUT2D eigenvalue weighted by Gasteiger charge is -2.58. The second kappa shape index (κ2) is 8.95. The maximum atomic E-state index is 12.7. The number of aliphatic hydroxyl groups is 2. The van der Waals surface area contributed by atoms with Crippen molar-refractivity contribution < 1.29 is 19.8 Å². The molecule has 9 atom stereocenters. The summed E-state index contributed by atoms with van der Waals surface area (Å²) < 4.78 is 0. The van der Waals surface area contributed by atoms with Crippen molar-refractivity contribution in [1.82, 2.24) is 5.06 Å². The lowest BCUT2D eigenvalue weighted by Crippen LogP contribution is -2.50. The zero-order valence-corrected chi connectivity index (χ0v) is 21.0. The summed E-state index contributed by atoms with van der Waals surface area (Å²) in [5.74, 6) is 3.70. The van der Waals surface area contributed by atoms with E-state index >= 15 is 0 Å². The van der Waals surface area contributed by atoms with Gasteiger partial charge in [0.05, 0.1) is 19.3 Å². The van der Waals surface area contributed by atoms with Crippen LogP contribution in [0.4, 0.5) is 0 Å². The first-order valence-corrected chi connectivity index (χ1v) is 13.7. The highest BCUT2D eigenvalue weighted by atomic mass is 16.7. The maximum absolute atomic E-state index is 12.7. The summed E-state index contributed by atoms with van der Waals surface area (Å²) in [6.07, 6.45) is 13.9.